The molecular formula is C21H29N2O5S+. The average molecular weight is 422 g/mol. The van der Waals surface area contributed by atoms with E-state index in [1.54, 1.807) is 14.2 Å². The highest BCUT2D eigenvalue weighted by Crippen LogP contribution is 2.33. The molecule has 158 valence electrons. The minimum absolute atomic E-state index is 0.160. The number of nitrogens with one attached hydrogen (secondary N) is 2. The number of hydrogen-bond acceptors (Lipinski definition) is 6. The third-order valence-corrected chi connectivity index (χ3v) is 5.95. The van der Waals surface area contributed by atoms with Crippen molar-refractivity contribution in [2.24, 2.45) is 0 Å². The number of ether oxygens (including phenoxy) is 3. The van der Waals surface area contributed by atoms with Crippen molar-refractivity contribution in [3.05, 3.63) is 39.3 Å². The Morgan fingerprint density at radius 1 is 1.07 bits per heavy atom. The number of amides is 1. The molecule has 2 rings (SSSR count). The smallest absolute Gasteiger partial charge is 0.341 e. The third kappa shape index (κ3) is 5.27. The van der Waals surface area contributed by atoms with Crippen LogP contribution in [0.5, 0.6) is 11.5 Å². The Morgan fingerprint density at radius 3 is 2.28 bits per heavy atom. The molecule has 7 nitrogen and oxygen atoms in total. The van der Waals surface area contributed by atoms with Gasteiger partial charge in [-0.1, -0.05) is 0 Å². The molecule has 8 heteroatoms. The maximum atomic E-state index is 12.6. The maximum absolute atomic E-state index is 12.6. The molecule has 1 heterocycles. The molecule has 1 amide bonds. The van der Waals surface area contributed by atoms with Crippen molar-refractivity contribution in [3.63, 3.8) is 0 Å². The van der Waals surface area contributed by atoms with E-state index in [9.17, 15) is 9.59 Å². The van der Waals surface area contributed by atoms with Gasteiger partial charge in [-0.2, -0.15) is 0 Å². The molecule has 29 heavy (non-hydrogen) atoms. The van der Waals surface area contributed by atoms with Crippen molar-refractivity contribution in [1.29, 1.82) is 0 Å². The number of esters is 1. The maximum Gasteiger partial charge on any atom is 0.341 e. The fourth-order valence-electron chi connectivity index (χ4n) is 3.11. The molecule has 0 saturated carbocycles. The van der Waals surface area contributed by atoms with E-state index < -0.39 is 5.97 Å². The van der Waals surface area contributed by atoms with Crippen LogP contribution in [-0.2, 0) is 16.1 Å². The Bertz CT molecular complexity index is 907. The minimum Gasteiger partial charge on any atom is -0.493 e. The number of carbonyl (C=O) groups excluding carboxylic acids is 2. The molecule has 0 bridgehead atoms. The highest BCUT2D eigenvalue weighted by Gasteiger charge is 2.23. The van der Waals surface area contributed by atoms with Gasteiger partial charge in [-0.15, -0.1) is 11.3 Å². The summed E-state index contributed by atoms with van der Waals surface area (Å²) in [6.07, 6.45) is 0. The van der Waals surface area contributed by atoms with Crippen LogP contribution in [-0.4, -0.2) is 46.8 Å². The molecule has 2 N–H and O–H groups in total. The van der Waals surface area contributed by atoms with Crippen molar-refractivity contribution in [1.82, 2.24) is 0 Å². The molecule has 0 aliphatic carbocycles. The van der Waals surface area contributed by atoms with Crippen LogP contribution >= 0.6 is 11.3 Å². The van der Waals surface area contributed by atoms with Gasteiger partial charge in [0.15, 0.2) is 18.0 Å². The monoisotopic (exact) mass is 421 g/mol. The minimum atomic E-state index is -0.441. The fraction of sp³-hybridized carbons (Fsp3) is 0.429. The van der Waals surface area contributed by atoms with Gasteiger partial charge in [-0.25, -0.2) is 4.79 Å². The largest absolute Gasteiger partial charge is 0.493 e. The summed E-state index contributed by atoms with van der Waals surface area (Å²) in [4.78, 5) is 26.6. The first-order chi connectivity index (χ1) is 13.7. The van der Waals surface area contributed by atoms with Crippen LogP contribution in [0.25, 0.3) is 0 Å². The molecular weight excluding hydrogens is 392 g/mol. The normalized spacial score (nSPS) is 11.7. The van der Waals surface area contributed by atoms with Gasteiger partial charge in [-0.3, -0.25) is 4.79 Å². The fourth-order valence-corrected chi connectivity index (χ4v) is 4.17. The number of carbonyl (C=O) groups is 2. The third-order valence-electron chi connectivity index (χ3n) is 4.82. The van der Waals surface area contributed by atoms with Crippen LogP contribution in [0.1, 0.15) is 31.9 Å². The topological polar surface area (TPSA) is 78.3 Å². The van der Waals surface area contributed by atoms with E-state index >= 15 is 0 Å². The summed E-state index contributed by atoms with van der Waals surface area (Å²) in [5, 5.41) is 3.41. The Balaban J connectivity index is 2.09. The number of aryl methyl sites for hydroxylation is 2. The summed E-state index contributed by atoms with van der Waals surface area (Å²) < 4.78 is 15.6. The Kier molecular flexibility index (Phi) is 7.64. The summed E-state index contributed by atoms with van der Waals surface area (Å²) in [6.45, 7) is 6.67. The van der Waals surface area contributed by atoms with E-state index in [1.165, 1.54) is 18.4 Å². The van der Waals surface area contributed by atoms with Crippen LogP contribution in [0.4, 0.5) is 5.00 Å². The second-order valence-electron chi connectivity index (χ2n) is 6.97. The van der Waals surface area contributed by atoms with Gasteiger partial charge in [0.25, 0.3) is 5.91 Å². The molecule has 0 radical (unpaired) electrons. The van der Waals surface area contributed by atoms with Crippen LogP contribution in [0.3, 0.4) is 0 Å². The second-order valence-corrected chi connectivity index (χ2v) is 8.20. The Hall–Kier alpha value is -2.58. The molecule has 1 aromatic heterocycles. The van der Waals surface area contributed by atoms with Crippen molar-refractivity contribution in [3.8, 4) is 11.5 Å². The summed E-state index contributed by atoms with van der Waals surface area (Å²) in [5.41, 5.74) is 3.40. The zero-order valence-electron chi connectivity index (χ0n) is 18.0. The number of likely N-dealkylation sites (N-methyl/N-ethyl adjacent to an activating group) is 1. The van der Waals surface area contributed by atoms with E-state index in [0.717, 1.165) is 26.5 Å². The van der Waals surface area contributed by atoms with Gasteiger partial charge in [0.1, 0.15) is 11.5 Å². The first-order valence-electron chi connectivity index (χ1n) is 9.22. The Morgan fingerprint density at radius 2 is 1.69 bits per heavy atom. The number of methoxy groups -OCH3 is 3. The van der Waals surface area contributed by atoms with Crippen LogP contribution < -0.4 is 19.7 Å². The molecule has 0 saturated heterocycles. The first kappa shape index (κ1) is 22.7. The number of hydrogen-bond donors (Lipinski definition) is 2. The van der Waals surface area contributed by atoms with E-state index in [0.29, 0.717) is 28.6 Å². The van der Waals surface area contributed by atoms with E-state index in [-0.39, 0.29) is 12.5 Å². The number of benzene rings is 1. The highest BCUT2D eigenvalue weighted by molar-refractivity contribution is 7.16. The van der Waals surface area contributed by atoms with Crippen molar-refractivity contribution in [2.45, 2.75) is 27.3 Å². The van der Waals surface area contributed by atoms with Gasteiger partial charge >= 0.3 is 5.97 Å². The lowest BCUT2D eigenvalue weighted by molar-refractivity contribution is -0.885. The van der Waals surface area contributed by atoms with Gasteiger partial charge in [-0.05, 0) is 44.0 Å². The second kappa shape index (κ2) is 9.76. The first-order valence-corrected chi connectivity index (χ1v) is 10.0. The van der Waals surface area contributed by atoms with Crippen LogP contribution in [0, 0.1) is 20.8 Å². The SMILES string of the molecule is COC(=O)c1c(NC(=O)C[NH+](C)Cc2cc(OC)c(OC)cc2C)sc(C)c1C. The summed E-state index contributed by atoms with van der Waals surface area (Å²) in [7, 11) is 6.49. The number of rotatable bonds is 8. The molecule has 1 aromatic carbocycles. The van der Waals surface area contributed by atoms with Crippen molar-refractivity contribution in [2.75, 3.05) is 40.2 Å². The Labute approximate surface area is 175 Å². The zero-order valence-corrected chi connectivity index (χ0v) is 18.8. The van der Waals surface area contributed by atoms with Crippen molar-refractivity contribution < 1.29 is 28.7 Å². The summed E-state index contributed by atoms with van der Waals surface area (Å²) in [5.74, 6) is 0.747. The molecule has 2 aromatic rings. The number of quaternary nitrogens is 1. The lowest BCUT2D eigenvalue weighted by Crippen LogP contribution is -3.08. The predicted octanol–water partition coefficient (Wildman–Crippen LogP) is 2.13. The lowest BCUT2D eigenvalue weighted by atomic mass is 10.1. The van der Waals surface area contributed by atoms with Gasteiger partial charge in [0.05, 0.1) is 33.9 Å². The highest BCUT2D eigenvalue weighted by atomic mass is 32.1. The van der Waals surface area contributed by atoms with Crippen LogP contribution in [0.15, 0.2) is 12.1 Å². The van der Waals surface area contributed by atoms with Crippen molar-refractivity contribution >= 4 is 28.2 Å². The van der Waals surface area contributed by atoms with E-state index in [1.807, 2.05) is 40.0 Å². The molecule has 0 fully saturated rings. The van der Waals surface area contributed by atoms with Gasteiger partial charge < -0.3 is 24.4 Å². The summed E-state index contributed by atoms with van der Waals surface area (Å²) in [6, 6.07) is 3.87. The number of thiophene rings is 1. The summed E-state index contributed by atoms with van der Waals surface area (Å²) >= 11 is 1.38. The quantitative estimate of drug-likeness (QED) is 0.639. The molecule has 0 spiro atoms. The van der Waals surface area contributed by atoms with E-state index in [2.05, 4.69) is 5.32 Å². The van der Waals surface area contributed by atoms with E-state index in [4.69, 9.17) is 14.2 Å². The van der Waals surface area contributed by atoms with Gasteiger partial charge in [0, 0.05) is 10.4 Å². The lowest BCUT2D eigenvalue weighted by Gasteiger charge is -2.17. The molecule has 0 aliphatic heterocycles. The standard InChI is InChI=1S/C21H28N2O5S/c1-12-8-16(26-5)17(27-6)9-15(12)10-23(4)11-18(24)22-20-19(21(25)28-7)13(2)14(3)29-20/h8-9H,10-11H2,1-7H3,(H,22,24)/p+1. The predicted molar refractivity (Wildman–Crippen MR) is 114 cm³/mol. The molecule has 1 unspecified atom stereocenters. The zero-order chi connectivity index (χ0) is 21.7. The molecule has 0 aliphatic rings. The van der Waals surface area contributed by atoms with Crippen LogP contribution in [0.2, 0.25) is 0 Å². The molecule has 1 atom stereocenters. The van der Waals surface area contributed by atoms with Gasteiger partial charge in [0.2, 0.25) is 0 Å². The number of anilines is 1. The average Bonchev–Trinajstić information content (AvgIpc) is 2.95.